The Morgan fingerprint density at radius 2 is 1.80 bits per heavy atom. The molecule has 5 nitrogen and oxygen atoms in total. The zero-order valence-corrected chi connectivity index (χ0v) is 13.9. The zero-order valence-electron chi connectivity index (χ0n) is 13.0. The molecule has 0 saturated heterocycles. The molecule has 0 aliphatic carbocycles. The van der Waals surface area contributed by atoms with Crippen molar-refractivity contribution in [1.82, 2.24) is 19.8 Å². The molecule has 0 saturated carbocycles. The first-order valence-electron chi connectivity index (χ1n) is 7.78. The summed E-state index contributed by atoms with van der Waals surface area (Å²) in [5.74, 6) is 1.95. The monoisotopic (exact) mass is 344 g/mol. The molecular weight excluding hydrogens is 332 g/mol. The Morgan fingerprint density at radius 1 is 0.880 bits per heavy atom. The number of ether oxygens (including phenoxy) is 1. The summed E-state index contributed by atoms with van der Waals surface area (Å²) >= 11 is 1.61. The van der Waals surface area contributed by atoms with E-state index in [1.165, 1.54) is 5.39 Å². The molecule has 6 heteroatoms. The van der Waals surface area contributed by atoms with Crippen LogP contribution in [0.4, 0.5) is 0 Å². The van der Waals surface area contributed by atoms with E-state index in [9.17, 15) is 0 Å². The van der Waals surface area contributed by atoms with Crippen LogP contribution in [0.15, 0.2) is 71.4 Å². The van der Waals surface area contributed by atoms with Gasteiger partial charge in [0.05, 0.1) is 0 Å². The maximum Gasteiger partial charge on any atom is 0.237 e. The van der Waals surface area contributed by atoms with Gasteiger partial charge in [-0.3, -0.25) is 0 Å². The van der Waals surface area contributed by atoms with E-state index in [0.29, 0.717) is 17.4 Å². The van der Waals surface area contributed by atoms with Crippen LogP contribution < -0.4 is 4.74 Å². The summed E-state index contributed by atoms with van der Waals surface area (Å²) in [4.78, 5) is 0. The van der Waals surface area contributed by atoms with Crippen LogP contribution in [0, 0.1) is 0 Å². The summed E-state index contributed by atoms with van der Waals surface area (Å²) in [6.45, 7) is 0. The van der Waals surface area contributed by atoms with Gasteiger partial charge in [0.1, 0.15) is 5.75 Å². The summed E-state index contributed by atoms with van der Waals surface area (Å²) < 4.78 is 7.66. The van der Waals surface area contributed by atoms with Crippen molar-refractivity contribution in [3.8, 4) is 23.0 Å². The van der Waals surface area contributed by atoms with E-state index in [0.717, 1.165) is 16.7 Å². The quantitative estimate of drug-likeness (QED) is 0.472. The van der Waals surface area contributed by atoms with Gasteiger partial charge < -0.3 is 4.74 Å². The second kappa shape index (κ2) is 5.68. The van der Waals surface area contributed by atoms with Crippen molar-refractivity contribution < 1.29 is 4.74 Å². The summed E-state index contributed by atoms with van der Waals surface area (Å²) in [5, 5.41) is 19.3. The number of rotatable bonds is 3. The number of hydrogen-bond acceptors (Lipinski definition) is 5. The Labute approximate surface area is 147 Å². The van der Waals surface area contributed by atoms with Crippen LogP contribution in [0.5, 0.6) is 11.6 Å². The van der Waals surface area contributed by atoms with Crippen molar-refractivity contribution in [2.45, 2.75) is 0 Å². The lowest BCUT2D eigenvalue weighted by Gasteiger charge is -2.06. The smallest absolute Gasteiger partial charge is 0.237 e. The third-order valence-electron chi connectivity index (χ3n) is 3.96. The molecule has 0 amide bonds. The molecule has 120 valence electrons. The number of nitrogens with zero attached hydrogens (tertiary/aromatic N) is 4. The molecule has 3 aromatic heterocycles. The molecule has 0 spiro atoms. The van der Waals surface area contributed by atoms with E-state index in [-0.39, 0.29) is 0 Å². The Balaban J connectivity index is 1.54. The van der Waals surface area contributed by atoms with E-state index >= 15 is 0 Å². The summed E-state index contributed by atoms with van der Waals surface area (Å²) in [6.07, 6.45) is 0. The van der Waals surface area contributed by atoms with Gasteiger partial charge in [0.2, 0.25) is 5.88 Å². The molecule has 0 fully saturated rings. The molecule has 0 radical (unpaired) electrons. The highest BCUT2D eigenvalue weighted by atomic mass is 32.1. The molecule has 0 aliphatic rings. The van der Waals surface area contributed by atoms with Crippen LogP contribution in [0.25, 0.3) is 27.8 Å². The summed E-state index contributed by atoms with van der Waals surface area (Å²) in [5.41, 5.74) is 1.68. The Bertz CT molecular complexity index is 1180. The molecule has 3 heterocycles. The van der Waals surface area contributed by atoms with E-state index < -0.39 is 0 Å². The number of benzene rings is 2. The fourth-order valence-electron chi connectivity index (χ4n) is 2.75. The van der Waals surface area contributed by atoms with Crippen LogP contribution in [-0.2, 0) is 0 Å². The predicted molar refractivity (Wildman–Crippen MR) is 98.1 cm³/mol. The van der Waals surface area contributed by atoms with Crippen LogP contribution >= 0.6 is 11.3 Å². The first kappa shape index (κ1) is 14.1. The van der Waals surface area contributed by atoms with Gasteiger partial charge in [-0.2, -0.15) is 15.9 Å². The Morgan fingerprint density at radius 3 is 2.68 bits per heavy atom. The molecule has 5 aromatic rings. The minimum absolute atomic E-state index is 0.499. The maximum absolute atomic E-state index is 5.95. The average molecular weight is 344 g/mol. The fourth-order valence-corrected chi connectivity index (χ4v) is 3.38. The van der Waals surface area contributed by atoms with E-state index in [4.69, 9.17) is 4.74 Å². The molecule has 5 rings (SSSR count). The minimum Gasteiger partial charge on any atom is -0.438 e. The molecule has 0 atom stereocenters. The highest BCUT2D eigenvalue weighted by molar-refractivity contribution is 7.08. The standard InChI is InChI=1S/C19H12N4OS/c1-2-4-14-11-16(6-5-13(14)3-1)24-18-8-7-17-20-21-19(23(17)22-18)15-9-10-25-12-15/h1-12H. The molecule has 2 aromatic carbocycles. The highest BCUT2D eigenvalue weighted by Crippen LogP contribution is 2.26. The van der Waals surface area contributed by atoms with Gasteiger partial charge in [-0.1, -0.05) is 30.3 Å². The molecule has 0 aliphatic heterocycles. The number of aromatic nitrogens is 4. The average Bonchev–Trinajstić information content (AvgIpc) is 3.30. The minimum atomic E-state index is 0.499. The van der Waals surface area contributed by atoms with Gasteiger partial charge in [0, 0.05) is 17.0 Å². The van der Waals surface area contributed by atoms with Gasteiger partial charge in [-0.05, 0) is 40.4 Å². The van der Waals surface area contributed by atoms with Crippen LogP contribution in [0.1, 0.15) is 0 Å². The van der Waals surface area contributed by atoms with Crippen LogP contribution in [-0.4, -0.2) is 19.8 Å². The number of thiophene rings is 1. The normalized spacial score (nSPS) is 11.2. The summed E-state index contributed by atoms with van der Waals surface area (Å²) in [6, 6.07) is 19.8. The SMILES string of the molecule is c1ccc2cc(Oc3ccc4nnc(-c5ccsc5)n4n3)ccc2c1. The van der Waals surface area contributed by atoms with Crippen LogP contribution in [0.3, 0.4) is 0 Å². The van der Waals surface area contributed by atoms with Gasteiger partial charge >= 0.3 is 0 Å². The van der Waals surface area contributed by atoms with Gasteiger partial charge in [0.15, 0.2) is 11.5 Å². The fraction of sp³-hybridized carbons (Fsp3) is 0. The van der Waals surface area contributed by atoms with E-state index in [1.54, 1.807) is 21.9 Å². The topological polar surface area (TPSA) is 52.3 Å². The van der Waals surface area contributed by atoms with Crippen LogP contribution in [0.2, 0.25) is 0 Å². The van der Waals surface area contributed by atoms with Crippen molar-refractivity contribution in [2.75, 3.05) is 0 Å². The molecule has 25 heavy (non-hydrogen) atoms. The van der Waals surface area contributed by atoms with Crippen molar-refractivity contribution in [3.05, 3.63) is 71.4 Å². The highest BCUT2D eigenvalue weighted by Gasteiger charge is 2.11. The third-order valence-corrected chi connectivity index (χ3v) is 4.64. The lowest BCUT2D eigenvalue weighted by Crippen LogP contribution is -1.97. The predicted octanol–water partition coefficient (Wildman–Crippen LogP) is 4.80. The van der Waals surface area contributed by atoms with Crippen molar-refractivity contribution in [1.29, 1.82) is 0 Å². The second-order valence-electron chi connectivity index (χ2n) is 5.59. The lowest BCUT2D eigenvalue weighted by molar-refractivity contribution is 0.453. The first-order chi connectivity index (χ1) is 12.4. The summed E-state index contributed by atoms with van der Waals surface area (Å²) in [7, 11) is 0. The lowest BCUT2D eigenvalue weighted by atomic mass is 10.1. The Hall–Kier alpha value is -3.25. The molecule has 0 N–H and O–H groups in total. The maximum atomic E-state index is 5.95. The third kappa shape index (κ3) is 2.53. The number of hydrogen-bond donors (Lipinski definition) is 0. The molecule has 0 unspecified atom stereocenters. The first-order valence-corrected chi connectivity index (χ1v) is 8.73. The van der Waals surface area contributed by atoms with Gasteiger partial charge in [-0.25, -0.2) is 0 Å². The molecule has 0 bridgehead atoms. The van der Waals surface area contributed by atoms with Gasteiger partial charge in [0.25, 0.3) is 0 Å². The van der Waals surface area contributed by atoms with Crippen molar-refractivity contribution in [2.24, 2.45) is 0 Å². The van der Waals surface area contributed by atoms with E-state index in [2.05, 4.69) is 27.4 Å². The van der Waals surface area contributed by atoms with Gasteiger partial charge in [-0.15, -0.1) is 15.3 Å². The van der Waals surface area contributed by atoms with E-state index in [1.807, 2.05) is 53.2 Å². The Kier molecular flexibility index (Phi) is 3.21. The van der Waals surface area contributed by atoms with Crippen molar-refractivity contribution >= 4 is 27.8 Å². The van der Waals surface area contributed by atoms with Crippen molar-refractivity contribution in [3.63, 3.8) is 0 Å². The second-order valence-corrected chi connectivity index (χ2v) is 6.37. The molecular formula is C19H12N4OS. The number of fused-ring (bicyclic) bond motifs is 2. The zero-order chi connectivity index (χ0) is 16.6. The largest absolute Gasteiger partial charge is 0.438 e.